The molecule has 0 aromatic heterocycles. The molecule has 0 bridgehead atoms. The Morgan fingerprint density at radius 1 is 1.18 bits per heavy atom. The molecule has 1 aliphatic rings. The molecule has 0 saturated carbocycles. The van der Waals surface area contributed by atoms with Gasteiger partial charge in [-0.05, 0) is 38.5 Å². The smallest absolute Gasteiger partial charge is 0.410 e. The highest BCUT2D eigenvalue weighted by Crippen LogP contribution is 2.18. The van der Waals surface area contributed by atoms with Gasteiger partial charge in [0.2, 0.25) is 0 Å². The van der Waals surface area contributed by atoms with Crippen LogP contribution >= 0.6 is 0 Å². The monoisotopic (exact) mass is 305 g/mol. The first-order valence-electron chi connectivity index (χ1n) is 7.39. The van der Waals surface area contributed by atoms with Crippen LogP contribution in [0.15, 0.2) is 29.4 Å². The molecule has 2 rings (SSSR count). The van der Waals surface area contributed by atoms with Crippen molar-refractivity contribution in [3.8, 4) is 0 Å². The van der Waals surface area contributed by atoms with Crippen molar-refractivity contribution in [2.75, 3.05) is 31.1 Å². The van der Waals surface area contributed by atoms with Gasteiger partial charge in [-0.3, -0.25) is 0 Å². The van der Waals surface area contributed by atoms with Crippen LogP contribution in [0.3, 0.4) is 0 Å². The molecule has 6 heteroatoms. The van der Waals surface area contributed by atoms with Crippen molar-refractivity contribution >= 4 is 18.0 Å². The second-order valence-electron chi connectivity index (χ2n) is 6.29. The largest absolute Gasteiger partial charge is 0.444 e. The summed E-state index contributed by atoms with van der Waals surface area (Å²) in [6, 6.07) is 7.77. The van der Waals surface area contributed by atoms with E-state index in [-0.39, 0.29) is 6.09 Å². The number of benzene rings is 1. The summed E-state index contributed by atoms with van der Waals surface area (Å²) in [5, 5.41) is 11.5. The molecule has 120 valence electrons. The van der Waals surface area contributed by atoms with E-state index >= 15 is 0 Å². The fourth-order valence-electron chi connectivity index (χ4n) is 2.31. The highest BCUT2D eigenvalue weighted by molar-refractivity contribution is 5.79. The molecule has 1 amide bonds. The number of oxime groups is 1. The highest BCUT2D eigenvalue weighted by atomic mass is 16.6. The van der Waals surface area contributed by atoms with Gasteiger partial charge < -0.3 is 19.7 Å². The van der Waals surface area contributed by atoms with Crippen LogP contribution < -0.4 is 4.90 Å². The van der Waals surface area contributed by atoms with Crippen molar-refractivity contribution in [1.29, 1.82) is 0 Å². The Bertz CT molecular complexity index is 527. The molecule has 1 aromatic carbocycles. The Kier molecular flexibility index (Phi) is 4.90. The molecular weight excluding hydrogens is 282 g/mol. The van der Waals surface area contributed by atoms with Gasteiger partial charge in [-0.2, -0.15) is 0 Å². The van der Waals surface area contributed by atoms with Crippen LogP contribution in [0.1, 0.15) is 26.3 Å². The summed E-state index contributed by atoms with van der Waals surface area (Å²) < 4.78 is 5.39. The van der Waals surface area contributed by atoms with E-state index in [4.69, 9.17) is 9.94 Å². The lowest BCUT2D eigenvalue weighted by molar-refractivity contribution is 0.0240. The zero-order valence-corrected chi connectivity index (χ0v) is 13.3. The van der Waals surface area contributed by atoms with Gasteiger partial charge in [0.05, 0.1) is 6.21 Å². The molecule has 0 spiro atoms. The Labute approximate surface area is 131 Å². The van der Waals surface area contributed by atoms with Gasteiger partial charge in [0.15, 0.2) is 0 Å². The summed E-state index contributed by atoms with van der Waals surface area (Å²) in [6.45, 7) is 8.46. The van der Waals surface area contributed by atoms with Crippen molar-refractivity contribution in [3.05, 3.63) is 29.8 Å². The molecule has 6 nitrogen and oxygen atoms in total. The van der Waals surface area contributed by atoms with E-state index < -0.39 is 5.60 Å². The van der Waals surface area contributed by atoms with Crippen molar-refractivity contribution in [2.24, 2.45) is 5.16 Å². The van der Waals surface area contributed by atoms with Gasteiger partial charge >= 0.3 is 6.09 Å². The number of piperazine rings is 1. The van der Waals surface area contributed by atoms with Crippen molar-refractivity contribution in [1.82, 2.24) is 4.90 Å². The van der Waals surface area contributed by atoms with E-state index in [2.05, 4.69) is 10.1 Å². The molecule has 0 unspecified atom stereocenters. The maximum absolute atomic E-state index is 12.0. The molecule has 1 N–H and O–H groups in total. The van der Waals surface area contributed by atoms with E-state index in [0.29, 0.717) is 13.1 Å². The maximum Gasteiger partial charge on any atom is 0.410 e. The van der Waals surface area contributed by atoms with Gasteiger partial charge in [0, 0.05) is 31.9 Å². The van der Waals surface area contributed by atoms with Gasteiger partial charge in [-0.15, -0.1) is 0 Å². The van der Waals surface area contributed by atoms with E-state index in [1.807, 2.05) is 45.0 Å². The van der Waals surface area contributed by atoms with Crippen LogP contribution in [0, 0.1) is 0 Å². The number of amides is 1. The van der Waals surface area contributed by atoms with Gasteiger partial charge in [-0.25, -0.2) is 4.79 Å². The molecule has 1 heterocycles. The maximum atomic E-state index is 12.0. The van der Waals surface area contributed by atoms with Crippen LogP contribution in [-0.2, 0) is 4.74 Å². The summed E-state index contributed by atoms with van der Waals surface area (Å²) in [5.74, 6) is 0. The van der Waals surface area contributed by atoms with Gasteiger partial charge in [0.1, 0.15) is 5.60 Å². The third-order valence-electron chi connectivity index (χ3n) is 3.40. The summed E-state index contributed by atoms with van der Waals surface area (Å²) in [6.07, 6.45) is 1.14. The number of hydrogen-bond donors (Lipinski definition) is 1. The average Bonchev–Trinajstić information content (AvgIpc) is 2.47. The third kappa shape index (κ3) is 4.38. The zero-order chi connectivity index (χ0) is 16.2. The molecule has 1 aliphatic heterocycles. The minimum atomic E-state index is -0.460. The summed E-state index contributed by atoms with van der Waals surface area (Å²) >= 11 is 0. The molecule has 22 heavy (non-hydrogen) atoms. The van der Waals surface area contributed by atoms with E-state index in [1.165, 1.54) is 6.21 Å². The van der Waals surface area contributed by atoms with E-state index in [9.17, 15) is 4.79 Å². The van der Waals surface area contributed by atoms with E-state index in [0.717, 1.165) is 24.3 Å². The Morgan fingerprint density at radius 3 is 2.27 bits per heavy atom. The summed E-state index contributed by atoms with van der Waals surface area (Å²) in [4.78, 5) is 16.0. The van der Waals surface area contributed by atoms with Crippen LogP contribution in [0.2, 0.25) is 0 Å². The lowest BCUT2D eigenvalue weighted by Crippen LogP contribution is -2.50. The molecule has 0 aliphatic carbocycles. The average molecular weight is 305 g/mol. The van der Waals surface area contributed by atoms with E-state index in [1.54, 1.807) is 4.90 Å². The zero-order valence-electron chi connectivity index (χ0n) is 13.3. The molecular formula is C16H23N3O3. The molecule has 0 atom stereocenters. The number of hydrogen-bond acceptors (Lipinski definition) is 5. The highest BCUT2D eigenvalue weighted by Gasteiger charge is 2.25. The van der Waals surface area contributed by atoms with Crippen LogP contribution in [0.5, 0.6) is 0 Å². The van der Waals surface area contributed by atoms with Gasteiger partial charge in [0.25, 0.3) is 0 Å². The van der Waals surface area contributed by atoms with Crippen molar-refractivity contribution in [2.45, 2.75) is 26.4 Å². The quantitative estimate of drug-likeness (QED) is 0.518. The summed E-state index contributed by atoms with van der Waals surface area (Å²) in [7, 11) is 0. The van der Waals surface area contributed by atoms with Crippen LogP contribution in [-0.4, -0.2) is 54.2 Å². The minimum absolute atomic E-state index is 0.248. The van der Waals surface area contributed by atoms with Crippen LogP contribution in [0.4, 0.5) is 10.5 Å². The number of rotatable bonds is 2. The fourth-order valence-corrected chi connectivity index (χ4v) is 2.31. The predicted octanol–water partition coefficient (Wildman–Crippen LogP) is 2.55. The number of nitrogens with zero attached hydrogens (tertiary/aromatic N) is 3. The molecule has 1 aromatic rings. The second kappa shape index (κ2) is 6.68. The van der Waals surface area contributed by atoms with Crippen LogP contribution in [0.25, 0.3) is 0 Å². The topological polar surface area (TPSA) is 65.4 Å². The van der Waals surface area contributed by atoms with Gasteiger partial charge in [-0.1, -0.05) is 17.3 Å². The Hall–Kier alpha value is -2.24. The number of anilines is 1. The van der Waals surface area contributed by atoms with Crippen molar-refractivity contribution in [3.63, 3.8) is 0 Å². The fraction of sp³-hybridized carbons (Fsp3) is 0.500. The number of ether oxygens (including phenoxy) is 1. The number of carbonyl (C=O) groups excluding carboxylic acids is 1. The first-order chi connectivity index (χ1) is 10.4. The standard InChI is InChI=1S/C16H23N3O3/c1-16(2,3)22-15(20)19-10-8-18(9-11-19)14-6-4-13(5-7-14)12-17-21/h4-7,12,21H,8-11H2,1-3H3/b17-12-. The predicted molar refractivity (Wildman–Crippen MR) is 85.8 cm³/mol. The first kappa shape index (κ1) is 16.1. The molecule has 1 saturated heterocycles. The molecule has 1 fully saturated rings. The Balaban J connectivity index is 1.90. The lowest BCUT2D eigenvalue weighted by Gasteiger charge is -2.36. The second-order valence-corrected chi connectivity index (χ2v) is 6.29. The Morgan fingerprint density at radius 2 is 1.77 bits per heavy atom. The minimum Gasteiger partial charge on any atom is -0.444 e. The number of carbonyl (C=O) groups is 1. The first-order valence-corrected chi connectivity index (χ1v) is 7.39. The SMILES string of the molecule is CC(C)(C)OC(=O)N1CCN(c2ccc(/C=N\O)cc2)CC1. The third-order valence-corrected chi connectivity index (χ3v) is 3.40. The molecule has 0 radical (unpaired) electrons. The van der Waals surface area contributed by atoms with Crippen molar-refractivity contribution < 1.29 is 14.7 Å². The normalized spacial score (nSPS) is 16.1. The summed E-state index contributed by atoms with van der Waals surface area (Å²) in [5.41, 5.74) is 1.48. The lowest BCUT2D eigenvalue weighted by atomic mass is 10.2.